The van der Waals surface area contributed by atoms with Crippen molar-refractivity contribution >= 4 is 5.91 Å². The van der Waals surface area contributed by atoms with Gasteiger partial charge in [0.15, 0.2) is 0 Å². The summed E-state index contributed by atoms with van der Waals surface area (Å²) in [7, 11) is 0. The number of rotatable bonds is 1. The fraction of sp³-hybridized carbons (Fsp3) is 0.385. The van der Waals surface area contributed by atoms with Crippen molar-refractivity contribution in [1.82, 2.24) is 10.2 Å². The molecule has 1 amide bonds. The van der Waals surface area contributed by atoms with Gasteiger partial charge in [-0.15, -0.1) is 0 Å². The molecule has 17 heavy (non-hydrogen) atoms. The molecule has 0 spiro atoms. The van der Waals surface area contributed by atoms with Crippen molar-refractivity contribution in [2.24, 2.45) is 0 Å². The number of nitrogens with one attached hydrogen (secondary N) is 1. The van der Waals surface area contributed by atoms with Gasteiger partial charge in [0.2, 0.25) is 0 Å². The number of benzene rings is 1. The van der Waals surface area contributed by atoms with E-state index in [4.69, 9.17) is 5.26 Å². The maximum atomic E-state index is 12.2. The highest BCUT2D eigenvalue weighted by Gasteiger charge is 2.21. The van der Waals surface area contributed by atoms with E-state index < -0.39 is 0 Å². The molecule has 0 aliphatic carbocycles. The van der Waals surface area contributed by atoms with Crippen LogP contribution in [0.4, 0.5) is 0 Å². The van der Waals surface area contributed by atoms with Gasteiger partial charge >= 0.3 is 0 Å². The summed E-state index contributed by atoms with van der Waals surface area (Å²) in [6, 6.07) is 9.24. The minimum Gasteiger partial charge on any atom is -0.336 e. The zero-order valence-corrected chi connectivity index (χ0v) is 9.81. The maximum absolute atomic E-state index is 12.2. The predicted molar refractivity (Wildman–Crippen MR) is 64.5 cm³/mol. The Labute approximate surface area is 101 Å². The number of carbonyl (C=O) groups is 1. The number of nitriles is 1. The molecule has 0 saturated carbocycles. The number of hydrogen-bond donors (Lipinski definition) is 1. The van der Waals surface area contributed by atoms with Crippen LogP contribution in [0.3, 0.4) is 0 Å². The van der Waals surface area contributed by atoms with Crippen LogP contribution in [0.5, 0.6) is 0 Å². The molecule has 1 aromatic carbocycles. The van der Waals surface area contributed by atoms with Gasteiger partial charge in [-0.25, -0.2) is 0 Å². The first-order valence-electron chi connectivity index (χ1n) is 5.73. The SMILES string of the molecule is CC1CN(C(=O)c2cccc(C#N)c2)CCN1. The molecule has 4 nitrogen and oxygen atoms in total. The first kappa shape index (κ1) is 11.6. The molecular formula is C13H15N3O. The predicted octanol–water partition coefficient (Wildman–Crippen LogP) is 0.992. The highest BCUT2D eigenvalue weighted by Crippen LogP contribution is 2.10. The van der Waals surface area contributed by atoms with Crippen molar-refractivity contribution in [3.05, 3.63) is 35.4 Å². The zero-order valence-electron chi connectivity index (χ0n) is 9.81. The van der Waals surface area contributed by atoms with Gasteiger partial charge in [-0.05, 0) is 25.1 Å². The monoisotopic (exact) mass is 229 g/mol. The molecule has 1 N–H and O–H groups in total. The smallest absolute Gasteiger partial charge is 0.253 e. The summed E-state index contributed by atoms with van der Waals surface area (Å²) < 4.78 is 0. The van der Waals surface area contributed by atoms with Gasteiger partial charge in [0.1, 0.15) is 0 Å². The number of carbonyl (C=O) groups excluding carboxylic acids is 1. The molecule has 2 rings (SSSR count). The van der Waals surface area contributed by atoms with Crippen LogP contribution >= 0.6 is 0 Å². The third-order valence-corrected chi connectivity index (χ3v) is 2.89. The summed E-state index contributed by atoms with van der Waals surface area (Å²) >= 11 is 0. The van der Waals surface area contributed by atoms with Crippen molar-refractivity contribution in [3.63, 3.8) is 0 Å². The quantitative estimate of drug-likeness (QED) is 0.781. The van der Waals surface area contributed by atoms with Crippen LogP contribution in [0.25, 0.3) is 0 Å². The van der Waals surface area contributed by atoms with Crippen LogP contribution in [-0.2, 0) is 0 Å². The largest absolute Gasteiger partial charge is 0.336 e. The first-order valence-corrected chi connectivity index (χ1v) is 5.73. The first-order chi connectivity index (χ1) is 8.20. The lowest BCUT2D eigenvalue weighted by molar-refractivity contribution is 0.0709. The van der Waals surface area contributed by atoms with E-state index in [1.807, 2.05) is 4.90 Å². The maximum Gasteiger partial charge on any atom is 0.253 e. The third kappa shape index (κ3) is 2.63. The second-order valence-corrected chi connectivity index (χ2v) is 4.30. The Hall–Kier alpha value is -1.86. The van der Waals surface area contributed by atoms with Crippen molar-refractivity contribution in [3.8, 4) is 6.07 Å². The Balaban J connectivity index is 2.16. The normalized spacial score (nSPS) is 19.8. The lowest BCUT2D eigenvalue weighted by atomic mass is 10.1. The van der Waals surface area contributed by atoms with Gasteiger partial charge < -0.3 is 10.2 Å². The molecule has 1 aliphatic heterocycles. The Morgan fingerprint density at radius 3 is 3.12 bits per heavy atom. The molecule has 1 aliphatic rings. The Bertz CT molecular complexity index is 464. The molecule has 0 aromatic heterocycles. The Kier molecular flexibility index (Phi) is 3.40. The number of nitrogens with zero attached hydrogens (tertiary/aromatic N) is 2. The van der Waals surface area contributed by atoms with Crippen LogP contribution in [-0.4, -0.2) is 36.5 Å². The van der Waals surface area contributed by atoms with E-state index in [1.54, 1.807) is 24.3 Å². The van der Waals surface area contributed by atoms with E-state index in [0.717, 1.165) is 19.6 Å². The molecule has 1 saturated heterocycles. The second kappa shape index (κ2) is 4.98. The topological polar surface area (TPSA) is 56.1 Å². The van der Waals surface area contributed by atoms with Gasteiger partial charge in [0.05, 0.1) is 11.6 Å². The van der Waals surface area contributed by atoms with Crippen LogP contribution in [0.1, 0.15) is 22.8 Å². The third-order valence-electron chi connectivity index (χ3n) is 2.89. The van der Waals surface area contributed by atoms with E-state index >= 15 is 0 Å². The molecule has 4 heteroatoms. The molecule has 1 heterocycles. The average Bonchev–Trinajstić information content (AvgIpc) is 2.38. The zero-order chi connectivity index (χ0) is 12.3. The number of hydrogen-bond acceptors (Lipinski definition) is 3. The van der Waals surface area contributed by atoms with Gasteiger partial charge in [0.25, 0.3) is 5.91 Å². The minimum atomic E-state index is 0.00968. The van der Waals surface area contributed by atoms with Crippen LogP contribution in [0.15, 0.2) is 24.3 Å². The summed E-state index contributed by atoms with van der Waals surface area (Å²) in [5.41, 5.74) is 1.12. The van der Waals surface area contributed by atoms with Gasteiger partial charge in [-0.3, -0.25) is 4.79 Å². The highest BCUT2D eigenvalue weighted by atomic mass is 16.2. The Morgan fingerprint density at radius 2 is 2.41 bits per heavy atom. The summed E-state index contributed by atoms with van der Waals surface area (Å²) in [4.78, 5) is 14.0. The van der Waals surface area contributed by atoms with E-state index in [9.17, 15) is 4.79 Å². The number of amides is 1. The Morgan fingerprint density at radius 1 is 1.59 bits per heavy atom. The summed E-state index contributed by atoms with van der Waals surface area (Å²) in [5.74, 6) is 0.00968. The van der Waals surface area contributed by atoms with E-state index in [0.29, 0.717) is 17.2 Å². The molecule has 0 bridgehead atoms. The molecule has 1 atom stereocenters. The summed E-state index contributed by atoms with van der Waals surface area (Å²) in [6.45, 7) is 4.32. The van der Waals surface area contributed by atoms with Crippen LogP contribution in [0.2, 0.25) is 0 Å². The summed E-state index contributed by atoms with van der Waals surface area (Å²) in [6.07, 6.45) is 0. The fourth-order valence-corrected chi connectivity index (χ4v) is 2.02. The van der Waals surface area contributed by atoms with Crippen molar-refractivity contribution < 1.29 is 4.79 Å². The second-order valence-electron chi connectivity index (χ2n) is 4.30. The van der Waals surface area contributed by atoms with E-state index in [1.165, 1.54) is 0 Å². The molecule has 1 fully saturated rings. The molecule has 88 valence electrons. The molecule has 0 radical (unpaired) electrons. The van der Waals surface area contributed by atoms with Crippen LogP contribution < -0.4 is 5.32 Å². The van der Waals surface area contributed by atoms with Gasteiger partial charge in [-0.1, -0.05) is 6.07 Å². The molecule has 1 unspecified atom stereocenters. The lowest BCUT2D eigenvalue weighted by Crippen LogP contribution is -2.51. The fourth-order valence-electron chi connectivity index (χ4n) is 2.02. The van der Waals surface area contributed by atoms with E-state index in [2.05, 4.69) is 18.3 Å². The highest BCUT2D eigenvalue weighted by molar-refractivity contribution is 5.94. The lowest BCUT2D eigenvalue weighted by Gasteiger charge is -2.32. The van der Waals surface area contributed by atoms with Crippen molar-refractivity contribution in [1.29, 1.82) is 5.26 Å². The van der Waals surface area contributed by atoms with Crippen molar-refractivity contribution in [2.75, 3.05) is 19.6 Å². The van der Waals surface area contributed by atoms with Gasteiger partial charge in [0, 0.05) is 31.2 Å². The number of piperazine rings is 1. The molecular weight excluding hydrogens is 214 g/mol. The van der Waals surface area contributed by atoms with E-state index in [-0.39, 0.29) is 5.91 Å². The standard InChI is InChI=1S/C13H15N3O/c1-10-9-16(6-5-15-10)13(17)12-4-2-3-11(7-12)8-14/h2-4,7,10,15H,5-6,9H2,1H3. The summed E-state index contributed by atoms with van der Waals surface area (Å²) in [5, 5.41) is 12.1. The van der Waals surface area contributed by atoms with Crippen molar-refractivity contribution in [2.45, 2.75) is 13.0 Å². The van der Waals surface area contributed by atoms with Crippen LogP contribution in [0, 0.1) is 11.3 Å². The van der Waals surface area contributed by atoms with Gasteiger partial charge in [-0.2, -0.15) is 5.26 Å². The molecule has 1 aromatic rings. The minimum absolute atomic E-state index is 0.00968. The average molecular weight is 229 g/mol.